The Morgan fingerprint density at radius 3 is 2.46 bits per heavy atom. The molecule has 6 heteroatoms. The molecule has 138 valence electrons. The first-order valence-electron chi connectivity index (χ1n) is 8.80. The second-order valence-corrected chi connectivity index (χ2v) is 7.47. The summed E-state index contributed by atoms with van der Waals surface area (Å²) in [6.07, 6.45) is 0.969. The highest BCUT2D eigenvalue weighted by molar-refractivity contribution is 6.31. The third-order valence-electron chi connectivity index (χ3n) is 4.70. The van der Waals surface area contributed by atoms with Crippen LogP contribution in [-0.2, 0) is 6.42 Å². The number of carbonyl (C=O) groups is 1. The van der Waals surface area contributed by atoms with E-state index in [9.17, 15) is 4.79 Å². The number of nitrogens with zero attached hydrogens (tertiary/aromatic N) is 2. The van der Waals surface area contributed by atoms with Gasteiger partial charge in [-0.15, -0.1) is 0 Å². The molecule has 1 fully saturated rings. The second-order valence-electron chi connectivity index (χ2n) is 6.60. The van der Waals surface area contributed by atoms with E-state index in [-0.39, 0.29) is 6.03 Å². The van der Waals surface area contributed by atoms with Gasteiger partial charge in [0.2, 0.25) is 0 Å². The van der Waals surface area contributed by atoms with Gasteiger partial charge < -0.3 is 10.2 Å². The van der Waals surface area contributed by atoms with Gasteiger partial charge in [-0.25, -0.2) is 4.79 Å². The van der Waals surface area contributed by atoms with Gasteiger partial charge >= 0.3 is 6.03 Å². The van der Waals surface area contributed by atoms with E-state index >= 15 is 0 Å². The third kappa shape index (κ3) is 5.13. The molecule has 1 aliphatic heterocycles. The van der Waals surface area contributed by atoms with Crippen LogP contribution >= 0.6 is 23.2 Å². The van der Waals surface area contributed by atoms with Crippen LogP contribution < -0.4 is 5.32 Å². The highest BCUT2D eigenvalue weighted by Crippen LogP contribution is 2.20. The van der Waals surface area contributed by atoms with Crippen molar-refractivity contribution < 1.29 is 4.79 Å². The molecular formula is C20H23Cl2N3O. The summed E-state index contributed by atoms with van der Waals surface area (Å²) in [6, 6.07) is 13.4. The van der Waals surface area contributed by atoms with Crippen LogP contribution in [0.3, 0.4) is 0 Å². The maximum absolute atomic E-state index is 12.5. The molecule has 1 N–H and O–H groups in total. The van der Waals surface area contributed by atoms with Gasteiger partial charge in [-0.3, -0.25) is 4.90 Å². The van der Waals surface area contributed by atoms with E-state index in [0.29, 0.717) is 5.02 Å². The average molecular weight is 392 g/mol. The van der Waals surface area contributed by atoms with Crippen LogP contribution in [0, 0.1) is 6.92 Å². The van der Waals surface area contributed by atoms with Crippen LogP contribution in [0.25, 0.3) is 0 Å². The predicted octanol–water partition coefficient (Wildman–Crippen LogP) is 4.69. The van der Waals surface area contributed by atoms with E-state index in [1.165, 1.54) is 5.56 Å². The summed E-state index contributed by atoms with van der Waals surface area (Å²) >= 11 is 12.0. The fourth-order valence-corrected chi connectivity index (χ4v) is 3.56. The van der Waals surface area contributed by atoms with Gasteiger partial charge in [0, 0.05) is 48.5 Å². The van der Waals surface area contributed by atoms with E-state index in [1.807, 2.05) is 42.2 Å². The summed E-state index contributed by atoms with van der Waals surface area (Å²) in [6.45, 7) is 6.14. The summed E-state index contributed by atoms with van der Waals surface area (Å²) in [5, 5.41) is 4.44. The normalized spacial score (nSPS) is 15.1. The Hall–Kier alpha value is -1.75. The zero-order valence-electron chi connectivity index (χ0n) is 14.8. The average Bonchev–Trinajstić information content (AvgIpc) is 2.63. The van der Waals surface area contributed by atoms with Crippen LogP contribution in [0.1, 0.15) is 11.1 Å². The fraction of sp³-hybridized carbons (Fsp3) is 0.350. The van der Waals surface area contributed by atoms with Crippen molar-refractivity contribution in [3.63, 3.8) is 0 Å². The molecule has 4 nitrogen and oxygen atoms in total. The first-order valence-corrected chi connectivity index (χ1v) is 9.56. The number of amides is 2. The largest absolute Gasteiger partial charge is 0.322 e. The minimum atomic E-state index is -0.0510. The molecule has 1 aliphatic rings. The maximum Gasteiger partial charge on any atom is 0.321 e. The third-order valence-corrected chi connectivity index (χ3v) is 5.17. The molecule has 26 heavy (non-hydrogen) atoms. The standard InChI is InChI=1S/C20H23Cl2N3O/c1-15-13-18(22)5-6-19(15)23-20(26)25-11-9-24(10-12-25)8-7-16-3-2-4-17(21)14-16/h2-6,13-14H,7-12H2,1H3,(H,23,26). The van der Waals surface area contributed by atoms with Crippen molar-refractivity contribution >= 4 is 34.9 Å². The van der Waals surface area contributed by atoms with E-state index < -0.39 is 0 Å². The van der Waals surface area contributed by atoms with Gasteiger partial charge in [-0.05, 0) is 54.8 Å². The van der Waals surface area contributed by atoms with E-state index in [1.54, 1.807) is 6.07 Å². The molecule has 0 saturated carbocycles. The number of nitrogens with one attached hydrogen (secondary N) is 1. The Balaban J connectivity index is 1.46. The molecule has 0 radical (unpaired) electrons. The molecule has 3 rings (SSSR count). The van der Waals surface area contributed by atoms with Gasteiger partial charge in [0.25, 0.3) is 0 Å². The van der Waals surface area contributed by atoms with Crippen molar-refractivity contribution in [3.05, 3.63) is 63.6 Å². The number of urea groups is 1. The molecule has 0 unspecified atom stereocenters. The zero-order chi connectivity index (χ0) is 18.5. The van der Waals surface area contributed by atoms with Crippen molar-refractivity contribution in [2.75, 3.05) is 38.0 Å². The minimum absolute atomic E-state index is 0.0510. The van der Waals surface area contributed by atoms with Gasteiger partial charge in [0.1, 0.15) is 0 Å². The predicted molar refractivity (Wildman–Crippen MR) is 108 cm³/mol. The highest BCUT2D eigenvalue weighted by Gasteiger charge is 2.21. The number of aryl methyl sites for hydroxylation is 1. The molecule has 0 aliphatic carbocycles. The molecule has 2 amide bonds. The van der Waals surface area contributed by atoms with Crippen molar-refractivity contribution in [2.45, 2.75) is 13.3 Å². The topological polar surface area (TPSA) is 35.6 Å². The molecule has 2 aromatic carbocycles. The zero-order valence-corrected chi connectivity index (χ0v) is 16.4. The van der Waals surface area contributed by atoms with Crippen LogP contribution in [0.15, 0.2) is 42.5 Å². The fourth-order valence-electron chi connectivity index (χ4n) is 3.12. The number of hydrogen-bond acceptors (Lipinski definition) is 2. The molecular weight excluding hydrogens is 369 g/mol. The lowest BCUT2D eigenvalue weighted by molar-refractivity contribution is 0.148. The van der Waals surface area contributed by atoms with Crippen LogP contribution in [0.4, 0.5) is 10.5 Å². The minimum Gasteiger partial charge on any atom is -0.322 e. The number of anilines is 1. The Kier molecular flexibility index (Phi) is 6.41. The Morgan fingerprint density at radius 2 is 1.77 bits per heavy atom. The van der Waals surface area contributed by atoms with Crippen LogP contribution in [0.5, 0.6) is 0 Å². The lowest BCUT2D eigenvalue weighted by Gasteiger charge is -2.34. The number of piperazine rings is 1. The molecule has 0 aromatic heterocycles. The summed E-state index contributed by atoms with van der Waals surface area (Å²) in [5.74, 6) is 0. The second kappa shape index (κ2) is 8.76. The van der Waals surface area contributed by atoms with E-state index in [2.05, 4.69) is 16.3 Å². The monoisotopic (exact) mass is 391 g/mol. The number of hydrogen-bond donors (Lipinski definition) is 1. The van der Waals surface area contributed by atoms with Gasteiger partial charge in [0.05, 0.1) is 0 Å². The molecule has 1 saturated heterocycles. The van der Waals surface area contributed by atoms with Gasteiger partial charge in [-0.1, -0.05) is 35.3 Å². The summed E-state index contributed by atoms with van der Waals surface area (Å²) in [5.41, 5.74) is 3.02. The van der Waals surface area contributed by atoms with E-state index in [4.69, 9.17) is 23.2 Å². The number of halogens is 2. The quantitative estimate of drug-likeness (QED) is 0.819. The Morgan fingerprint density at radius 1 is 1.04 bits per heavy atom. The summed E-state index contributed by atoms with van der Waals surface area (Å²) in [4.78, 5) is 16.7. The Labute approximate surface area is 164 Å². The van der Waals surface area contributed by atoms with E-state index in [0.717, 1.165) is 55.4 Å². The lowest BCUT2D eigenvalue weighted by atomic mass is 10.1. The molecule has 0 atom stereocenters. The van der Waals surface area contributed by atoms with Crippen molar-refractivity contribution in [3.8, 4) is 0 Å². The summed E-state index contributed by atoms with van der Waals surface area (Å²) < 4.78 is 0. The van der Waals surface area contributed by atoms with Crippen LogP contribution in [0.2, 0.25) is 10.0 Å². The van der Waals surface area contributed by atoms with Crippen molar-refractivity contribution in [1.82, 2.24) is 9.80 Å². The highest BCUT2D eigenvalue weighted by atomic mass is 35.5. The molecule has 2 aromatic rings. The smallest absolute Gasteiger partial charge is 0.321 e. The number of benzene rings is 2. The number of rotatable bonds is 4. The summed E-state index contributed by atoms with van der Waals surface area (Å²) in [7, 11) is 0. The SMILES string of the molecule is Cc1cc(Cl)ccc1NC(=O)N1CCN(CCc2cccc(Cl)c2)CC1. The first kappa shape index (κ1) is 19.0. The van der Waals surface area contributed by atoms with Gasteiger partial charge in [0.15, 0.2) is 0 Å². The molecule has 1 heterocycles. The number of carbonyl (C=O) groups excluding carboxylic acids is 1. The molecule has 0 spiro atoms. The van der Waals surface area contributed by atoms with Gasteiger partial charge in [-0.2, -0.15) is 0 Å². The lowest BCUT2D eigenvalue weighted by Crippen LogP contribution is -2.50. The van der Waals surface area contributed by atoms with Crippen molar-refractivity contribution in [1.29, 1.82) is 0 Å². The van der Waals surface area contributed by atoms with Crippen molar-refractivity contribution in [2.24, 2.45) is 0 Å². The first-order chi connectivity index (χ1) is 12.5. The molecule has 0 bridgehead atoms. The maximum atomic E-state index is 12.5. The van der Waals surface area contributed by atoms with Crippen LogP contribution in [-0.4, -0.2) is 48.6 Å². The Bertz CT molecular complexity index is 773.